The van der Waals surface area contributed by atoms with E-state index in [-0.39, 0.29) is 18.1 Å². The van der Waals surface area contributed by atoms with Crippen LogP contribution in [0.1, 0.15) is 24.8 Å². The second kappa shape index (κ2) is 6.33. The lowest BCUT2D eigenvalue weighted by atomic mass is 9.77. The van der Waals surface area contributed by atoms with Gasteiger partial charge in [-0.2, -0.15) is 0 Å². The number of carboxylic acids is 1. The van der Waals surface area contributed by atoms with Gasteiger partial charge >= 0.3 is 5.97 Å². The molecule has 24 heavy (non-hydrogen) atoms. The Balaban J connectivity index is 1.71. The molecule has 2 fully saturated rings. The topological polar surface area (TPSA) is 60.9 Å². The highest BCUT2D eigenvalue weighted by Gasteiger charge is 2.55. The van der Waals surface area contributed by atoms with E-state index in [1.807, 2.05) is 0 Å². The molecular weight excluding hydrogens is 335 g/mol. The molecule has 1 spiro atoms. The zero-order chi connectivity index (χ0) is 17.5. The molecule has 1 aromatic carbocycles. The number of hydrogen-bond acceptors (Lipinski definition) is 3. The van der Waals surface area contributed by atoms with Crippen molar-refractivity contribution < 1.29 is 19.1 Å². The molecule has 0 bridgehead atoms. The van der Waals surface area contributed by atoms with Gasteiger partial charge in [-0.05, 0) is 25.0 Å². The number of carbonyl (C=O) groups excluding carboxylic acids is 1. The zero-order valence-electron chi connectivity index (χ0n) is 13.5. The highest BCUT2D eigenvalue weighted by Crippen LogP contribution is 2.43. The lowest BCUT2D eigenvalue weighted by molar-refractivity contribution is -0.146. The number of rotatable bonds is 3. The Labute approximate surface area is 145 Å². The summed E-state index contributed by atoms with van der Waals surface area (Å²) in [7, 11) is 1.69. The first-order valence-electron chi connectivity index (χ1n) is 7.99. The van der Waals surface area contributed by atoms with Crippen LogP contribution in [0.5, 0.6) is 0 Å². The molecule has 0 unspecified atom stereocenters. The van der Waals surface area contributed by atoms with Gasteiger partial charge in [0, 0.05) is 43.7 Å². The van der Waals surface area contributed by atoms with Crippen molar-refractivity contribution in [1.29, 1.82) is 0 Å². The number of amides is 1. The van der Waals surface area contributed by atoms with E-state index in [4.69, 9.17) is 11.6 Å². The molecule has 2 heterocycles. The first-order chi connectivity index (χ1) is 11.3. The molecule has 1 amide bonds. The first kappa shape index (κ1) is 17.2. The zero-order valence-corrected chi connectivity index (χ0v) is 14.2. The second-order valence-electron chi connectivity index (χ2n) is 6.66. The summed E-state index contributed by atoms with van der Waals surface area (Å²) < 4.78 is 13.9. The lowest BCUT2D eigenvalue weighted by Crippen LogP contribution is -2.55. The number of benzene rings is 1. The molecule has 7 heteroatoms. The molecule has 2 aliphatic heterocycles. The molecule has 1 atom stereocenters. The lowest BCUT2D eigenvalue weighted by Gasteiger charge is -2.45. The Morgan fingerprint density at radius 3 is 2.67 bits per heavy atom. The van der Waals surface area contributed by atoms with E-state index in [0.29, 0.717) is 43.1 Å². The van der Waals surface area contributed by atoms with E-state index < -0.39 is 17.4 Å². The quantitative estimate of drug-likeness (QED) is 0.905. The normalized spacial score (nSPS) is 23.9. The predicted molar refractivity (Wildman–Crippen MR) is 87.2 cm³/mol. The number of halogens is 2. The molecule has 2 saturated heterocycles. The third kappa shape index (κ3) is 2.89. The average Bonchev–Trinajstić information content (AvgIpc) is 2.78. The summed E-state index contributed by atoms with van der Waals surface area (Å²) >= 11 is 5.77. The van der Waals surface area contributed by atoms with Gasteiger partial charge in [0.15, 0.2) is 0 Å². The molecule has 2 aliphatic rings. The van der Waals surface area contributed by atoms with Crippen LogP contribution in [0.3, 0.4) is 0 Å². The van der Waals surface area contributed by atoms with Crippen molar-refractivity contribution in [2.45, 2.75) is 31.3 Å². The van der Waals surface area contributed by atoms with Gasteiger partial charge in [0.2, 0.25) is 5.91 Å². The minimum atomic E-state index is -0.912. The van der Waals surface area contributed by atoms with Gasteiger partial charge in [-0.3, -0.25) is 14.5 Å². The predicted octanol–water partition coefficient (Wildman–Crippen LogP) is 2.38. The highest BCUT2D eigenvalue weighted by molar-refractivity contribution is 6.30. The summed E-state index contributed by atoms with van der Waals surface area (Å²) in [6.45, 7) is 1.71. The van der Waals surface area contributed by atoms with Crippen molar-refractivity contribution >= 4 is 23.5 Å². The van der Waals surface area contributed by atoms with Crippen LogP contribution in [0.25, 0.3) is 0 Å². The van der Waals surface area contributed by atoms with E-state index in [1.54, 1.807) is 24.1 Å². The summed E-state index contributed by atoms with van der Waals surface area (Å²) in [5, 5.41) is 9.84. The van der Waals surface area contributed by atoms with Gasteiger partial charge in [0.05, 0.1) is 11.5 Å². The van der Waals surface area contributed by atoms with E-state index in [9.17, 15) is 19.1 Å². The Morgan fingerprint density at radius 2 is 2.08 bits per heavy atom. The fourth-order valence-corrected chi connectivity index (χ4v) is 4.13. The summed E-state index contributed by atoms with van der Waals surface area (Å²) in [6, 6.07) is 4.63. The van der Waals surface area contributed by atoms with Crippen molar-refractivity contribution in [3.63, 3.8) is 0 Å². The summed E-state index contributed by atoms with van der Waals surface area (Å²) in [5.74, 6) is -2.02. The van der Waals surface area contributed by atoms with Crippen LogP contribution in [0.4, 0.5) is 4.39 Å². The average molecular weight is 355 g/mol. The Morgan fingerprint density at radius 1 is 1.42 bits per heavy atom. The van der Waals surface area contributed by atoms with Crippen molar-refractivity contribution in [2.24, 2.45) is 5.92 Å². The molecule has 3 rings (SSSR count). The summed E-state index contributed by atoms with van der Waals surface area (Å²) in [6.07, 6.45) is 1.24. The maximum Gasteiger partial charge on any atom is 0.309 e. The molecule has 1 aromatic rings. The number of hydrogen-bond donors (Lipinski definition) is 1. The van der Waals surface area contributed by atoms with Crippen LogP contribution in [-0.2, 0) is 16.1 Å². The van der Waals surface area contributed by atoms with Crippen LogP contribution in [0.2, 0.25) is 5.02 Å². The molecule has 130 valence electrons. The van der Waals surface area contributed by atoms with E-state index in [1.165, 1.54) is 6.07 Å². The smallest absolute Gasteiger partial charge is 0.309 e. The van der Waals surface area contributed by atoms with E-state index in [0.717, 1.165) is 0 Å². The van der Waals surface area contributed by atoms with Gasteiger partial charge in [-0.15, -0.1) is 0 Å². The molecule has 1 N–H and O–H groups in total. The third-order valence-corrected chi connectivity index (χ3v) is 5.73. The number of carboxylic acid groups (broad SMARTS) is 1. The first-order valence-corrected chi connectivity index (χ1v) is 8.37. The van der Waals surface area contributed by atoms with Crippen molar-refractivity contribution in [3.8, 4) is 0 Å². The van der Waals surface area contributed by atoms with Gasteiger partial charge in [0.1, 0.15) is 5.82 Å². The fraction of sp³-hybridized carbons (Fsp3) is 0.529. The Hall–Kier alpha value is -1.66. The van der Waals surface area contributed by atoms with Gasteiger partial charge in [-0.1, -0.05) is 17.7 Å². The molecule has 0 radical (unpaired) electrons. The minimum Gasteiger partial charge on any atom is -0.481 e. The maximum absolute atomic E-state index is 13.9. The SMILES string of the molecule is CN1C(=O)C[C@@H](C(=O)O)C12CCN(Cc1ccc(Cl)cc1F)CC2. The van der Waals surface area contributed by atoms with E-state index in [2.05, 4.69) is 4.90 Å². The van der Waals surface area contributed by atoms with Crippen LogP contribution in [0.15, 0.2) is 18.2 Å². The van der Waals surface area contributed by atoms with Crippen LogP contribution in [0, 0.1) is 11.7 Å². The number of aliphatic carboxylic acids is 1. The fourth-order valence-electron chi connectivity index (χ4n) is 3.97. The number of likely N-dealkylation sites (tertiary alicyclic amines) is 2. The second-order valence-corrected chi connectivity index (χ2v) is 7.10. The Kier molecular flexibility index (Phi) is 4.53. The standard InChI is InChI=1S/C17H20ClFN2O3/c1-20-15(22)9-13(16(23)24)17(20)4-6-21(7-5-17)10-11-2-3-12(18)8-14(11)19/h2-3,8,13H,4-7,9-10H2,1H3,(H,23,24)/t13-/m0/s1. The van der Waals surface area contributed by atoms with Crippen LogP contribution in [-0.4, -0.2) is 52.5 Å². The maximum atomic E-state index is 13.9. The van der Waals surface area contributed by atoms with Crippen LogP contribution < -0.4 is 0 Å². The van der Waals surface area contributed by atoms with Gasteiger partial charge in [0.25, 0.3) is 0 Å². The van der Waals surface area contributed by atoms with Crippen molar-refractivity contribution in [1.82, 2.24) is 9.80 Å². The molecule has 0 saturated carbocycles. The number of piperidine rings is 1. The molecule has 0 aromatic heterocycles. The molecule has 0 aliphatic carbocycles. The van der Waals surface area contributed by atoms with Crippen molar-refractivity contribution in [3.05, 3.63) is 34.6 Å². The largest absolute Gasteiger partial charge is 0.481 e. The van der Waals surface area contributed by atoms with Gasteiger partial charge < -0.3 is 10.0 Å². The highest BCUT2D eigenvalue weighted by atomic mass is 35.5. The monoisotopic (exact) mass is 354 g/mol. The molecule has 5 nitrogen and oxygen atoms in total. The number of carbonyl (C=O) groups is 2. The summed E-state index contributed by atoms with van der Waals surface area (Å²) in [5.41, 5.74) is -0.0428. The minimum absolute atomic E-state index is 0.0671. The summed E-state index contributed by atoms with van der Waals surface area (Å²) in [4.78, 5) is 27.3. The van der Waals surface area contributed by atoms with Gasteiger partial charge in [-0.25, -0.2) is 4.39 Å². The Bertz CT molecular complexity index is 674. The third-order valence-electron chi connectivity index (χ3n) is 5.50. The van der Waals surface area contributed by atoms with Crippen LogP contribution >= 0.6 is 11.6 Å². The number of nitrogens with zero attached hydrogens (tertiary/aromatic N) is 2. The van der Waals surface area contributed by atoms with E-state index >= 15 is 0 Å². The molecular formula is C17H20ClFN2O3. The van der Waals surface area contributed by atoms with Crippen molar-refractivity contribution in [2.75, 3.05) is 20.1 Å².